The number of pyridine rings is 1. The van der Waals surface area contributed by atoms with E-state index in [1.165, 1.54) is 5.56 Å². The first-order valence-corrected chi connectivity index (χ1v) is 9.42. The minimum atomic E-state index is 0.186. The third kappa shape index (κ3) is 3.46. The van der Waals surface area contributed by atoms with Crippen LogP contribution in [0.15, 0.2) is 54.2 Å². The molecule has 3 aromatic rings. The van der Waals surface area contributed by atoms with Crippen LogP contribution in [-0.2, 0) is 17.6 Å². The predicted octanol–water partition coefficient (Wildman–Crippen LogP) is 4.12. The van der Waals surface area contributed by atoms with E-state index in [0.29, 0.717) is 12.8 Å². The quantitative estimate of drug-likeness (QED) is 0.712. The Morgan fingerprint density at radius 3 is 2.88 bits per heavy atom. The van der Waals surface area contributed by atoms with Gasteiger partial charge in [-0.05, 0) is 43.0 Å². The summed E-state index contributed by atoms with van der Waals surface area (Å²) in [5, 5.41) is 3.03. The fourth-order valence-corrected chi connectivity index (χ4v) is 4.07. The maximum absolute atomic E-state index is 12.7. The van der Waals surface area contributed by atoms with Gasteiger partial charge in [0.05, 0.1) is 5.69 Å². The molecule has 0 atom stereocenters. The first-order valence-electron chi connectivity index (χ1n) is 8.54. The second-order valence-electron chi connectivity index (χ2n) is 6.16. The van der Waals surface area contributed by atoms with Crippen LogP contribution >= 0.6 is 11.3 Å². The molecule has 126 valence electrons. The number of amides is 1. The van der Waals surface area contributed by atoms with E-state index < -0.39 is 0 Å². The van der Waals surface area contributed by atoms with E-state index in [4.69, 9.17) is 0 Å². The Morgan fingerprint density at radius 2 is 2.00 bits per heavy atom. The zero-order valence-corrected chi connectivity index (χ0v) is 14.7. The zero-order chi connectivity index (χ0) is 17.1. The van der Waals surface area contributed by atoms with E-state index in [1.807, 2.05) is 34.5 Å². The van der Waals surface area contributed by atoms with Crippen LogP contribution in [0.4, 0.5) is 5.69 Å². The molecule has 5 heteroatoms. The highest BCUT2D eigenvalue weighted by molar-refractivity contribution is 7.13. The molecule has 0 fully saturated rings. The van der Waals surface area contributed by atoms with Crippen molar-refractivity contribution in [1.82, 2.24) is 9.97 Å². The molecule has 0 saturated heterocycles. The summed E-state index contributed by atoms with van der Waals surface area (Å²) in [6.07, 6.45) is 6.81. The standard InChI is InChI=1S/C20H19N3OS/c24-19(23-13-3-5-15-4-1-2-6-18(15)23)8-7-17-14-25-20(22-17)16-9-11-21-12-10-16/h1-2,4,6,9-12,14H,3,5,7-8,13H2. The van der Waals surface area contributed by atoms with E-state index in [9.17, 15) is 4.79 Å². The number of benzene rings is 1. The number of fused-ring (bicyclic) bond motifs is 1. The number of hydrogen-bond acceptors (Lipinski definition) is 4. The van der Waals surface area contributed by atoms with Crippen LogP contribution < -0.4 is 4.90 Å². The average molecular weight is 349 g/mol. The monoisotopic (exact) mass is 349 g/mol. The fourth-order valence-electron chi connectivity index (χ4n) is 3.21. The summed E-state index contributed by atoms with van der Waals surface area (Å²) in [6.45, 7) is 0.815. The van der Waals surface area contributed by atoms with Crippen LogP contribution in [0.1, 0.15) is 24.1 Å². The topological polar surface area (TPSA) is 46.1 Å². The van der Waals surface area contributed by atoms with Gasteiger partial charge in [-0.25, -0.2) is 4.98 Å². The van der Waals surface area contributed by atoms with Crippen molar-refractivity contribution in [3.8, 4) is 10.6 Å². The third-order valence-corrected chi connectivity index (χ3v) is 5.43. The summed E-state index contributed by atoms with van der Waals surface area (Å²) < 4.78 is 0. The number of rotatable bonds is 4. The number of hydrogen-bond donors (Lipinski definition) is 0. The molecule has 1 aliphatic rings. The lowest BCUT2D eigenvalue weighted by Crippen LogP contribution is -2.35. The van der Waals surface area contributed by atoms with Crippen LogP contribution in [-0.4, -0.2) is 22.4 Å². The van der Waals surface area contributed by atoms with E-state index in [1.54, 1.807) is 23.7 Å². The number of nitrogens with zero attached hydrogens (tertiary/aromatic N) is 3. The lowest BCUT2D eigenvalue weighted by Gasteiger charge is -2.29. The second kappa shape index (κ2) is 7.15. The van der Waals surface area contributed by atoms with Crippen LogP contribution in [0.5, 0.6) is 0 Å². The van der Waals surface area contributed by atoms with Crippen molar-refractivity contribution in [3.63, 3.8) is 0 Å². The van der Waals surface area contributed by atoms with Crippen molar-refractivity contribution in [2.45, 2.75) is 25.7 Å². The van der Waals surface area contributed by atoms with Gasteiger partial charge in [-0.3, -0.25) is 9.78 Å². The Kier molecular flexibility index (Phi) is 4.57. The molecular formula is C20H19N3OS. The summed E-state index contributed by atoms with van der Waals surface area (Å²) in [7, 11) is 0. The highest BCUT2D eigenvalue weighted by Gasteiger charge is 2.22. The van der Waals surface area contributed by atoms with Gasteiger partial charge in [0, 0.05) is 42.0 Å². The summed E-state index contributed by atoms with van der Waals surface area (Å²) in [5.74, 6) is 0.186. The molecule has 1 aliphatic heterocycles. The molecule has 2 aromatic heterocycles. The number of anilines is 1. The van der Waals surface area contributed by atoms with E-state index >= 15 is 0 Å². The summed E-state index contributed by atoms with van der Waals surface area (Å²) in [6, 6.07) is 12.1. The smallest absolute Gasteiger partial charge is 0.227 e. The molecular weight excluding hydrogens is 330 g/mol. The molecule has 4 nitrogen and oxygen atoms in total. The third-order valence-electron chi connectivity index (χ3n) is 4.49. The number of carbonyl (C=O) groups is 1. The van der Waals surface area contributed by atoms with Gasteiger partial charge >= 0.3 is 0 Å². The van der Waals surface area contributed by atoms with Crippen molar-refractivity contribution in [2.24, 2.45) is 0 Å². The van der Waals surface area contributed by atoms with Gasteiger partial charge in [0.25, 0.3) is 0 Å². The molecule has 0 aliphatic carbocycles. The van der Waals surface area contributed by atoms with Gasteiger partial charge in [0.15, 0.2) is 0 Å². The molecule has 0 radical (unpaired) electrons. The Bertz CT molecular complexity index is 875. The van der Waals surface area contributed by atoms with Crippen LogP contribution in [0.25, 0.3) is 10.6 Å². The number of thiazole rings is 1. The molecule has 25 heavy (non-hydrogen) atoms. The average Bonchev–Trinajstić information content (AvgIpc) is 3.15. The predicted molar refractivity (Wildman–Crippen MR) is 101 cm³/mol. The molecule has 0 unspecified atom stereocenters. The summed E-state index contributed by atoms with van der Waals surface area (Å²) in [4.78, 5) is 23.3. The Hall–Kier alpha value is -2.53. The zero-order valence-electron chi connectivity index (χ0n) is 13.9. The summed E-state index contributed by atoms with van der Waals surface area (Å²) in [5.41, 5.74) is 4.41. The first-order chi connectivity index (χ1) is 12.3. The molecule has 3 heterocycles. The Balaban J connectivity index is 1.42. The van der Waals surface area contributed by atoms with Crippen molar-refractivity contribution < 1.29 is 4.79 Å². The molecule has 1 amide bonds. The maximum atomic E-state index is 12.7. The number of aromatic nitrogens is 2. The lowest BCUT2D eigenvalue weighted by atomic mass is 10.0. The largest absolute Gasteiger partial charge is 0.312 e. The highest BCUT2D eigenvalue weighted by atomic mass is 32.1. The molecule has 0 N–H and O–H groups in total. The lowest BCUT2D eigenvalue weighted by molar-refractivity contribution is -0.118. The summed E-state index contributed by atoms with van der Waals surface area (Å²) >= 11 is 1.61. The molecule has 0 bridgehead atoms. The van der Waals surface area contributed by atoms with E-state index in [-0.39, 0.29) is 5.91 Å². The van der Waals surface area contributed by atoms with Gasteiger partial charge in [-0.2, -0.15) is 0 Å². The van der Waals surface area contributed by atoms with Gasteiger partial charge in [0.2, 0.25) is 5.91 Å². The molecule has 4 rings (SSSR count). The van der Waals surface area contributed by atoms with Crippen LogP contribution in [0.2, 0.25) is 0 Å². The first kappa shape index (κ1) is 16.0. The van der Waals surface area contributed by atoms with Gasteiger partial charge < -0.3 is 4.90 Å². The number of carbonyl (C=O) groups excluding carboxylic acids is 1. The van der Waals surface area contributed by atoms with Crippen molar-refractivity contribution in [1.29, 1.82) is 0 Å². The van der Waals surface area contributed by atoms with Gasteiger partial charge in [-0.1, -0.05) is 18.2 Å². The molecule has 1 aromatic carbocycles. The Morgan fingerprint density at radius 1 is 1.16 bits per heavy atom. The second-order valence-corrected chi connectivity index (χ2v) is 7.02. The van der Waals surface area contributed by atoms with Crippen molar-refractivity contribution in [3.05, 3.63) is 65.4 Å². The van der Waals surface area contributed by atoms with Gasteiger partial charge in [0.1, 0.15) is 5.01 Å². The van der Waals surface area contributed by atoms with E-state index in [2.05, 4.69) is 22.1 Å². The van der Waals surface area contributed by atoms with E-state index in [0.717, 1.165) is 41.3 Å². The number of para-hydroxylation sites is 1. The molecule has 0 saturated carbocycles. The highest BCUT2D eigenvalue weighted by Crippen LogP contribution is 2.28. The van der Waals surface area contributed by atoms with Crippen LogP contribution in [0, 0.1) is 0 Å². The van der Waals surface area contributed by atoms with Crippen molar-refractivity contribution >= 4 is 22.9 Å². The fraction of sp³-hybridized carbons (Fsp3) is 0.250. The number of aryl methyl sites for hydroxylation is 2. The van der Waals surface area contributed by atoms with Gasteiger partial charge in [-0.15, -0.1) is 11.3 Å². The SMILES string of the molecule is O=C(CCc1csc(-c2ccncc2)n1)N1CCCc2ccccc21. The maximum Gasteiger partial charge on any atom is 0.227 e. The molecule has 0 spiro atoms. The Labute approximate surface area is 151 Å². The minimum Gasteiger partial charge on any atom is -0.312 e. The van der Waals surface area contributed by atoms with Crippen molar-refractivity contribution in [2.75, 3.05) is 11.4 Å². The van der Waals surface area contributed by atoms with Crippen LogP contribution in [0.3, 0.4) is 0 Å². The normalized spacial score (nSPS) is 13.5. The minimum absolute atomic E-state index is 0.186.